The van der Waals surface area contributed by atoms with Crippen LogP contribution in [0.5, 0.6) is 0 Å². The van der Waals surface area contributed by atoms with E-state index in [-0.39, 0.29) is 16.3 Å². The Balaban J connectivity index is 2.17. The molecule has 0 radical (unpaired) electrons. The van der Waals surface area contributed by atoms with Crippen LogP contribution in [-0.2, 0) is 22.3 Å². The number of nitrogens with zero attached hydrogens (tertiary/aromatic N) is 1. The predicted molar refractivity (Wildman–Crippen MR) is 87.1 cm³/mol. The average molecular weight is 389 g/mol. The lowest BCUT2D eigenvalue weighted by Crippen LogP contribution is -2.28. The summed E-state index contributed by atoms with van der Waals surface area (Å²) in [6.07, 6.45) is -4.08. The van der Waals surface area contributed by atoms with Crippen LogP contribution in [0.1, 0.15) is 15.9 Å². The van der Waals surface area contributed by atoms with Crippen LogP contribution >= 0.6 is 11.6 Å². The van der Waals surface area contributed by atoms with E-state index in [0.29, 0.717) is 16.8 Å². The van der Waals surface area contributed by atoms with Crippen molar-refractivity contribution in [1.29, 1.82) is 0 Å². The summed E-state index contributed by atoms with van der Waals surface area (Å²) in [5.41, 5.74) is -1.53. The van der Waals surface area contributed by atoms with Gasteiger partial charge in [0, 0.05) is 12.3 Å². The zero-order chi connectivity index (χ0) is 19.5. The highest BCUT2D eigenvalue weighted by atomic mass is 35.5. The van der Waals surface area contributed by atoms with E-state index < -0.39 is 35.7 Å². The molecular weight excluding hydrogens is 377 g/mol. The molecule has 1 aromatic heterocycles. The Bertz CT molecular complexity index is 909. The molecule has 0 fully saturated rings. The van der Waals surface area contributed by atoms with Gasteiger partial charge in [0.05, 0.1) is 28.9 Å². The monoisotopic (exact) mass is 388 g/mol. The van der Waals surface area contributed by atoms with Crippen LogP contribution in [0.3, 0.4) is 0 Å². The molecule has 10 heteroatoms. The van der Waals surface area contributed by atoms with Crippen LogP contribution in [-0.4, -0.2) is 23.6 Å². The van der Waals surface area contributed by atoms with Gasteiger partial charge >= 0.3 is 12.1 Å². The van der Waals surface area contributed by atoms with Crippen molar-refractivity contribution >= 4 is 29.2 Å². The van der Waals surface area contributed by atoms with Crippen molar-refractivity contribution in [2.75, 3.05) is 12.4 Å². The van der Waals surface area contributed by atoms with Crippen LogP contribution in [0, 0.1) is 0 Å². The van der Waals surface area contributed by atoms with Crippen molar-refractivity contribution in [3.05, 3.63) is 63.0 Å². The fraction of sp³-hybridized carbons (Fsp3) is 0.188. The van der Waals surface area contributed by atoms with E-state index in [0.717, 1.165) is 6.07 Å². The Kier molecular flexibility index (Phi) is 5.71. The van der Waals surface area contributed by atoms with Crippen LogP contribution < -0.4 is 10.9 Å². The normalized spacial score (nSPS) is 11.1. The standard InChI is InChI=1S/C16H12ClF3N2O4/c1-26-15(25)9-2-4-12(11(17)6-9)21-13(23)8-22-7-10(16(18,19)20)3-5-14(22)24/h2-7H,8H2,1H3,(H,21,23). The van der Waals surface area contributed by atoms with Crippen LogP contribution in [0.4, 0.5) is 18.9 Å². The van der Waals surface area contributed by atoms with E-state index >= 15 is 0 Å². The number of hydrogen-bond acceptors (Lipinski definition) is 4. The topological polar surface area (TPSA) is 77.4 Å². The molecule has 1 heterocycles. The molecule has 138 valence electrons. The molecule has 0 atom stereocenters. The molecule has 0 spiro atoms. The highest BCUT2D eigenvalue weighted by Crippen LogP contribution is 2.28. The van der Waals surface area contributed by atoms with Gasteiger partial charge in [0.2, 0.25) is 5.91 Å². The van der Waals surface area contributed by atoms with Gasteiger partial charge in [0.25, 0.3) is 5.56 Å². The molecule has 0 bridgehead atoms. The van der Waals surface area contributed by atoms with Gasteiger partial charge in [-0.25, -0.2) is 4.79 Å². The molecule has 0 aliphatic carbocycles. The number of pyridine rings is 1. The summed E-state index contributed by atoms with van der Waals surface area (Å²) in [4.78, 5) is 35.1. The number of halogens is 4. The van der Waals surface area contributed by atoms with Gasteiger partial charge in [-0.15, -0.1) is 0 Å². The largest absolute Gasteiger partial charge is 0.465 e. The first-order valence-corrected chi connectivity index (χ1v) is 7.45. The van der Waals surface area contributed by atoms with Crippen molar-refractivity contribution in [1.82, 2.24) is 4.57 Å². The molecule has 2 rings (SSSR count). The van der Waals surface area contributed by atoms with Gasteiger partial charge in [-0.2, -0.15) is 13.2 Å². The third-order valence-electron chi connectivity index (χ3n) is 3.29. The number of carbonyl (C=O) groups is 2. The number of anilines is 1. The van der Waals surface area contributed by atoms with Gasteiger partial charge in [0.15, 0.2) is 0 Å². The Labute approximate surface area is 150 Å². The molecule has 0 unspecified atom stereocenters. The number of nitrogens with one attached hydrogen (secondary N) is 1. The number of rotatable bonds is 4. The second-order valence-electron chi connectivity index (χ2n) is 5.12. The second-order valence-corrected chi connectivity index (χ2v) is 5.52. The summed E-state index contributed by atoms with van der Waals surface area (Å²) in [7, 11) is 1.19. The molecule has 6 nitrogen and oxygen atoms in total. The lowest BCUT2D eigenvalue weighted by molar-refractivity contribution is -0.138. The predicted octanol–water partition coefficient (Wildman–Crippen LogP) is 2.95. The fourth-order valence-corrected chi connectivity index (χ4v) is 2.26. The number of esters is 1. The third-order valence-corrected chi connectivity index (χ3v) is 3.60. The lowest BCUT2D eigenvalue weighted by Gasteiger charge is -2.12. The maximum atomic E-state index is 12.7. The molecule has 0 saturated heterocycles. The van der Waals surface area contributed by atoms with Crippen molar-refractivity contribution in [3.63, 3.8) is 0 Å². The number of amides is 1. The van der Waals surface area contributed by atoms with E-state index in [2.05, 4.69) is 10.1 Å². The van der Waals surface area contributed by atoms with Crippen molar-refractivity contribution in [2.45, 2.75) is 12.7 Å². The highest BCUT2D eigenvalue weighted by Gasteiger charge is 2.31. The van der Waals surface area contributed by atoms with E-state index in [1.807, 2.05) is 0 Å². The number of benzene rings is 1. The zero-order valence-electron chi connectivity index (χ0n) is 13.3. The Hall–Kier alpha value is -2.81. The molecule has 0 aliphatic heterocycles. The Morgan fingerprint density at radius 3 is 2.50 bits per heavy atom. The Morgan fingerprint density at radius 1 is 1.23 bits per heavy atom. The number of alkyl halides is 3. The maximum absolute atomic E-state index is 12.7. The minimum atomic E-state index is -4.64. The van der Waals surface area contributed by atoms with Crippen molar-refractivity contribution < 1.29 is 27.5 Å². The minimum Gasteiger partial charge on any atom is -0.465 e. The van der Waals surface area contributed by atoms with E-state index in [1.54, 1.807) is 0 Å². The number of hydrogen-bond donors (Lipinski definition) is 1. The highest BCUT2D eigenvalue weighted by molar-refractivity contribution is 6.34. The molecule has 0 saturated carbocycles. The quantitative estimate of drug-likeness (QED) is 0.817. The summed E-state index contributed by atoms with van der Waals surface area (Å²) in [5, 5.41) is 2.39. The van der Waals surface area contributed by atoms with Crippen LogP contribution in [0.2, 0.25) is 5.02 Å². The van der Waals surface area contributed by atoms with Crippen LogP contribution in [0.25, 0.3) is 0 Å². The fourth-order valence-electron chi connectivity index (χ4n) is 2.03. The first kappa shape index (κ1) is 19.5. The average Bonchev–Trinajstić information content (AvgIpc) is 2.56. The number of aromatic nitrogens is 1. The second kappa shape index (κ2) is 7.61. The smallest absolute Gasteiger partial charge is 0.417 e. The number of ether oxygens (including phenoxy) is 1. The maximum Gasteiger partial charge on any atom is 0.417 e. The van der Waals surface area contributed by atoms with Crippen molar-refractivity contribution in [2.24, 2.45) is 0 Å². The molecule has 2 aromatic rings. The minimum absolute atomic E-state index is 0.0256. The molecule has 1 aromatic carbocycles. The first-order chi connectivity index (χ1) is 12.1. The molecule has 26 heavy (non-hydrogen) atoms. The Morgan fingerprint density at radius 2 is 1.92 bits per heavy atom. The van der Waals surface area contributed by atoms with Gasteiger partial charge in [-0.05, 0) is 24.3 Å². The molecule has 1 amide bonds. The van der Waals surface area contributed by atoms with Gasteiger partial charge in [-0.3, -0.25) is 9.59 Å². The summed E-state index contributed by atoms with van der Waals surface area (Å²) in [6.45, 7) is -0.641. The summed E-state index contributed by atoms with van der Waals surface area (Å²) >= 11 is 5.95. The van der Waals surface area contributed by atoms with Gasteiger partial charge in [-0.1, -0.05) is 11.6 Å². The number of methoxy groups -OCH3 is 1. The summed E-state index contributed by atoms with van der Waals surface area (Å²) in [5.74, 6) is -1.39. The molecule has 0 aliphatic rings. The number of carbonyl (C=O) groups excluding carboxylic acids is 2. The molecule has 1 N–H and O–H groups in total. The third kappa shape index (κ3) is 4.63. The van der Waals surface area contributed by atoms with E-state index in [1.165, 1.54) is 25.3 Å². The van der Waals surface area contributed by atoms with Crippen molar-refractivity contribution in [3.8, 4) is 0 Å². The summed E-state index contributed by atoms with van der Waals surface area (Å²) in [6, 6.07) is 5.32. The van der Waals surface area contributed by atoms with Crippen LogP contribution in [0.15, 0.2) is 41.3 Å². The lowest BCUT2D eigenvalue weighted by atomic mass is 10.2. The molecular formula is C16H12ClF3N2O4. The zero-order valence-corrected chi connectivity index (χ0v) is 14.0. The SMILES string of the molecule is COC(=O)c1ccc(NC(=O)Cn2cc(C(F)(F)F)ccc2=O)c(Cl)c1. The first-order valence-electron chi connectivity index (χ1n) is 7.07. The van der Waals surface area contributed by atoms with Gasteiger partial charge < -0.3 is 14.6 Å². The summed E-state index contributed by atoms with van der Waals surface area (Å²) < 4.78 is 43.3. The van der Waals surface area contributed by atoms with E-state index in [4.69, 9.17) is 11.6 Å². The van der Waals surface area contributed by atoms with Gasteiger partial charge in [0.1, 0.15) is 6.54 Å². The van der Waals surface area contributed by atoms with E-state index in [9.17, 15) is 27.6 Å².